The number of ether oxygens (including phenoxy) is 1. The number of hydrogen-bond acceptors (Lipinski definition) is 5. The monoisotopic (exact) mass is 369 g/mol. The SMILES string of the molecule is CC(=O)c1ccc(-c2ccc(C(=O)O[C@@H](C)C(=O)NC3CCCC3)o2)cc1. The molecule has 1 saturated carbocycles. The first kappa shape index (κ1) is 18.9. The largest absolute Gasteiger partial charge is 0.449 e. The Bertz CT molecular complexity index is 831. The summed E-state index contributed by atoms with van der Waals surface area (Å²) in [6.07, 6.45) is 3.28. The van der Waals surface area contributed by atoms with Crippen LogP contribution in [0.3, 0.4) is 0 Å². The number of nitrogens with one attached hydrogen (secondary N) is 1. The van der Waals surface area contributed by atoms with E-state index in [9.17, 15) is 14.4 Å². The molecule has 3 rings (SSSR count). The van der Waals surface area contributed by atoms with Gasteiger partial charge in [-0.2, -0.15) is 0 Å². The molecular formula is C21H23NO5. The van der Waals surface area contributed by atoms with E-state index in [-0.39, 0.29) is 23.5 Å². The molecule has 1 aliphatic carbocycles. The van der Waals surface area contributed by atoms with E-state index in [0.29, 0.717) is 11.3 Å². The minimum absolute atomic E-state index is 0.0184. The van der Waals surface area contributed by atoms with E-state index < -0.39 is 12.1 Å². The van der Waals surface area contributed by atoms with Gasteiger partial charge in [-0.15, -0.1) is 0 Å². The number of carbonyl (C=O) groups excluding carboxylic acids is 3. The predicted octanol–water partition coefficient (Wildman–Crippen LogP) is 3.75. The zero-order chi connectivity index (χ0) is 19.4. The molecule has 1 N–H and O–H groups in total. The second-order valence-corrected chi connectivity index (χ2v) is 6.83. The van der Waals surface area contributed by atoms with Gasteiger partial charge < -0.3 is 14.5 Å². The van der Waals surface area contributed by atoms with Crippen LogP contribution in [-0.2, 0) is 9.53 Å². The van der Waals surface area contributed by atoms with Gasteiger partial charge in [0.2, 0.25) is 5.76 Å². The smallest absolute Gasteiger partial charge is 0.375 e. The maximum atomic E-state index is 12.2. The highest BCUT2D eigenvalue weighted by Crippen LogP contribution is 2.23. The molecule has 6 heteroatoms. The van der Waals surface area contributed by atoms with Crippen LogP contribution in [0.4, 0.5) is 0 Å². The number of ketones is 1. The lowest BCUT2D eigenvalue weighted by Crippen LogP contribution is -2.40. The number of rotatable bonds is 6. The highest BCUT2D eigenvalue weighted by molar-refractivity contribution is 5.94. The number of carbonyl (C=O) groups is 3. The second kappa shape index (κ2) is 8.20. The Morgan fingerprint density at radius 2 is 1.74 bits per heavy atom. The van der Waals surface area contributed by atoms with Gasteiger partial charge in [0.1, 0.15) is 5.76 Å². The van der Waals surface area contributed by atoms with Gasteiger partial charge in [-0.25, -0.2) is 4.79 Å². The number of esters is 1. The molecule has 1 heterocycles. The minimum atomic E-state index is -0.887. The van der Waals surface area contributed by atoms with Crippen LogP contribution in [0.15, 0.2) is 40.8 Å². The first-order chi connectivity index (χ1) is 12.9. The fourth-order valence-electron chi connectivity index (χ4n) is 3.13. The Labute approximate surface area is 157 Å². The second-order valence-electron chi connectivity index (χ2n) is 6.83. The summed E-state index contributed by atoms with van der Waals surface area (Å²) in [5.74, 6) is -0.478. The molecule has 0 unspecified atom stereocenters. The zero-order valence-corrected chi connectivity index (χ0v) is 15.5. The Morgan fingerprint density at radius 3 is 2.37 bits per heavy atom. The quantitative estimate of drug-likeness (QED) is 0.619. The molecule has 1 amide bonds. The molecule has 2 aromatic rings. The van der Waals surface area contributed by atoms with Crippen molar-refractivity contribution < 1.29 is 23.5 Å². The van der Waals surface area contributed by atoms with Gasteiger partial charge >= 0.3 is 5.97 Å². The van der Waals surface area contributed by atoms with Crippen molar-refractivity contribution in [2.24, 2.45) is 0 Å². The number of benzene rings is 1. The van der Waals surface area contributed by atoms with Gasteiger partial charge in [-0.3, -0.25) is 9.59 Å². The molecule has 142 valence electrons. The van der Waals surface area contributed by atoms with Crippen molar-refractivity contribution >= 4 is 17.7 Å². The molecule has 1 aromatic heterocycles. The highest BCUT2D eigenvalue weighted by atomic mass is 16.6. The van der Waals surface area contributed by atoms with Gasteiger partial charge in [-0.1, -0.05) is 37.1 Å². The fourth-order valence-corrected chi connectivity index (χ4v) is 3.13. The average molecular weight is 369 g/mol. The summed E-state index contributed by atoms with van der Waals surface area (Å²) in [6.45, 7) is 3.05. The van der Waals surface area contributed by atoms with Crippen LogP contribution in [0.1, 0.15) is 60.4 Å². The van der Waals surface area contributed by atoms with Crippen molar-refractivity contribution in [3.63, 3.8) is 0 Å². The molecule has 0 radical (unpaired) electrons. The van der Waals surface area contributed by atoms with Crippen molar-refractivity contribution in [3.8, 4) is 11.3 Å². The molecule has 1 aromatic carbocycles. The summed E-state index contributed by atoms with van der Waals surface area (Å²) in [7, 11) is 0. The molecule has 0 saturated heterocycles. The zero-order valence-electron chi connectivity index (χ0n) is 15.5. The van der Waals surface area contributed by atoms with Crippen molar-refractivity contribution in [2.75, 3.05) is 0 Å². The molecule has 0 aliphatic heterocycles. The van der Waals surface area contributed by atoms with E-state index >= 15 is 0 Å². The number of furan rings is 1. The first-order valence-electron chi connectivity index (χ1n) is 9.16. The van der Waals surface area contributed by atoms with Crippen LogP contribution in [0.25, 0.3) is 11.3 Å². The van der Waals surface area contributed by atoms with E-state index in [1.54, 1.807) is 37.3 Å². The molecule has 1 aliphatic rings. The molecule has 27 heavy (non-hydrogen) atoms. The molecule has 1 fully saturated rings. The van der Waals surface area contributed by atoms with Crippen LogP contribution >= 0.6 is 0 Å². The molecular weight excluding hydrogens is 346 g/mol. The van der Waals surface area contributed by atoms with Gasteiger partial charge in [0, 0.05) is 17.2 Å². The third-order valence-corrected chi connectivity index (χ3v) is 4.74. The standard InChI is InChI=1S/C21H23NO5/c1-13(23)15-7-9-16(10-8-15)18-11-12-19(27-18)21(25)26-14(2)20(24)22-17-5-3-4-6-17/h7-12,14,17H,3-6H2,1-2H3,(H,22,24)/t14-/m0/s1. The van der Waals surface area contributed by atoms with Crippen LogP contribution < -0.4 is 5.32 Å². The van der Waals surface area contributed by atoms with E-state index in [1.165, 1.54) is 13.0 Å². The average Bonchev–Trinajstić information content (AvgIpc) is 3.33. The van der Waals surface area contributed by atoms with Gasteiger partial charge in [-0.05, 0) is 38.8 Å². The summed E-state index contributed by atoms with van der Waals surface area (Å²) in [5.41, 5.74) is 1.35. The van der Waals surface area contributed by atoms with Crippen LogP contribution in [0, 0.1) is 0 Å². The van der Waals surface area contributed by atoms with Crippen LogP contribution in [0.2, 0.25) is 0 Å². The molecule has 1 atom stereocenters. The summed E-state index contributed by atoms with van der Waals surface area (Å²) in [6, 6.07) is 10.2. The lowest BCUT2D eigenvalue weighted by molar-refractivity contribution is -0.129. The predicted molar refractivity (Wildman–Crippen MR) is 99.4 cm³/mol. The van der Waals surface area contributed by atoms with E-state index in [4.69, 9.17) is 9.15 Å². The third-order valence-electron chi connectivity index (χ3n) is 4.74. The lowest BCUT2D eigenvalue weighted by Gasteiger charge is -2.16. The summed E-state index contributed by atoms with van der Waals surface area (Å²) in [5, 5.41) is 2.91. The lowest BCUT2D eigenvalue weighted by atomic mass is 10.1. The Morgan fingerprint density at radius 1 is 1.07 bits per heavy atom. The van der Waals surface area contributed by atoms with E-state index in [1.807, 2.05) is 0 Å². The molecule has 6 nitrogen and oxygen atoms in total. The van der Waals surface area contributed by atoms with Crippen molar-refractivity contribution in [3.05, 3.63) is 47.7 Å². The summed E-state index contributed by atoms with van der Waals surface area (Å²) >= 11 is 0. The maximum Gasteiger partial charge on any atom is 0.375 e. The Hall–Kier alpha value is -2.89. The summed E-state index contributed by atoms with van der Waals surface area (Å²) in [4.78, 5) is 35.7. The first-order valence-corrected chi connectivity index (χ1v) is 9.16. The fraction of sp³-hybridized carbons (Fsp3) is 0.381. The number of amides is 1. The third kappa shape index (κ3) is 4.64. The highest BCUT2D eigenvalue weighted by Gasteiger charge is 2.24. The minimum Gasteiger partial charge on any atom is -0.449 e. The van der Waals surface area contributed by atoms with Crippen molar-refractivity contribution in [1.82, 2.24) is 5.32 Å². The van der Waals surface area contributed by atoms with Crippen LogP contribution in [-0.4, -0.2) is 29.8 Å². The van der Waals surface area contributed by atoms with Crippen LogP contribution in [0.5, 0.6) is 0 Å². The van der Waals surface area contributed by atoms with E-state index in [2.05, 4.69) is 5.32 Å². The maximum absolute atomic E-state index is 12.2. The molecule has 0 bridgehead atoms. The topological polar surface area (TPSA) is 85.6 Å². The van der Waals surface area contributed by atoms with Crippen molar-refractivity contribution in [2.45, 2.75) is 51.7 Å². The van der Waals surface area contributed by atoms with Gasteiger partial charge in [0.15, 0.2) is 11.9 Å². The number of hydrogen-bond donors (Lipinski definition) is 1. The Balaban J connectivity index is 1.60. The Kier molecular flexibility index (Phi) is 5.74. The van der Waals surface area contributed by atoms with Gasteiger partial charge in [0.05, 0.1) is 0 Å². The van der Waals surface area contributed by atoms with Crippen molar-refractivity contribution in [1.29, 1.82) is 0 Å². The molecule has 0 spiro atoms. The number of Topliss-reactive ketones (excluding diaryl/α,β-unsaturated/α-hetero) is 1. The summed E-state index contributed by atoms with van der Waals surface area (Å²) < 4.78 is 10.8. The van der Waals surface area contributed by atoms with E-state index in [0.717, 1.165) is 31.2 Å². The van der Waals surface area contributed by atoms with Gasteiger partial charge in [0.25, 0.3) is 5.91 Å². The normalized spacial score (nSPS) is 15.3.